The third-order valence-corrected chi connectivity index (χ3v) is 4.33. The third kappa shape index (κ3) is 3.29. The van der Waals surface area contributed by atoms with Crippen LogP contribution < -0.4 is 10.6 Å². The lowest BCUT2D eigenvalue weighted by Gasteiger charge is -2.40. The maximum atomic E-state index is 13.4. The van der Waals surface area contributed by atoms with Gasteiger partial charge in [-0.25, -0.2) is 4.39 Å². The number of hydrogen-bond acceptors (Lipinski definition) is 3. The Bertz CT molecular complexity index is 594. The summed E-state index contributed by atoms with van der Waals surface area (Å²) in [4.78, 5) is 4.74. The summed E-state index contributed by atoms with van der Waals surface area (Å²) in [5, 5.41) is 0. The van der Waals surface area contributed by atoms with Crippen LogP contribution in [0.3, 0.4) is 0 Å². The van der Waals surface area contributed by atoms with Crippen LogP contribution in [0, 0.1) is 5.82 Å². The van der Waals surface area contributed by atoms with Crippen LogP contribution in [-0.2, 0) is 0 Å². The van der Waals surface area contributed by atoms with Crippen LogP contribution in [0.5, 0.6) is 0 Å². The molecule has 0 spiro atoms. The molecule has 3 nitrogen and oxygen atoms in total. The molecule has 0 bridgehead atoms. The molecule has 1 aliphatic rings. The Morgan fingerprint density at radius 2 is 1.68 bits per heavy atom. The topological polar surface area (TPSA) is 32.5 Å². The Balaban J connectivity index is 1.67. The van der Waals surface area contributed by atoms with E-state index in [1.54, 1.807) is 12.1 Å². The van der Waals surface area contributed by atoms with E-state index in [4.69, 9.17) is 5.73 Å². The number of halogens is 1. The molecule has 2 aromatic rings. The summed E-state index contributed by atoms with van der Waals surface area (Å²) in [6.07, 6.45) is 0. The molecular weight excluding hydrogens is 277 g/mol. The smallest absolute Gasteiger partial charge is 0.123 e. The molecule has 2 aromatic carbocycles. The van der Waals surface area contributed by atoms with Gasteiger partial charge in [-0.05, 0) is 29.8 Å². The highest BCUT2D eigenvalue weighted by Crippen LogP contribution is 2.23. The Labute approximate surface area is 131 Å². The summed E-state index contributed by atoms with van der Waals surface area (Å²) in [5.74, 6) is -0.195. The fourth-order valence-corrected chi connectivity index (χ4v) is 3.14. The monoisotopic (exact) mass is 299 g/mol. The molecule has 1 saturated heterocycles. The van der Waals surface area contributed by atoms with E-state index in [0.29, 0.717) is 6.54 Å². The van der Waals surface area contributed by atoms with E-state index in [1.807, 2.05) is 12.1 Å². The predicted octanol–water partition coefficient (Wildman–Crippen LogP) is 2.65. The molecule has 2 N–H and O–H groups in total. The lowest BCUT2D eigenvalue weighted by molar-refractivity contribution is 0.190. The minimum Gasteiger partial charge on any atom is -0.369 e. The van der Waals surface area contributed by atoms with E-state index in [1.165, 1.54) is 11.8 Å². The summed E-state index contributed by atoms with van der Waals surface area (Å²) in [5.41, 5.74) is 8.18. The molecule has 116 valence electrons. The molecule has 1 unspecified atom stereocenters. The highest BCUT2D eigenvalue weighted by molar-refractivity contribution is 5.46. The van der Waals surface area contributed by atoms with Crippen LogP contribution in [0.15, 0.2) is 54.6 Å². The molecular formula is C18H22FN3. The second-order valence-corrected chi connectivity index (χ2v) is 5.67. The maximum absolute atomic E-state index is 13.4. The van der Waals surface area contributed by atoms with Gasteiger partial charge in [0.05, 0.1) is 0 Å². The SMILES string of the molecule is NCC(c1cccc(F)c1)N1CCN(c2ccccc2)CC1. The summed E-state index contributed by atoms with van der Waals surface area (Å²) in [6, 6.07) is 17.3. The van der Waals surface area contributed by atoms with Crippen LogP contribution in [-0.4, -0.2) is 37.6 Å². The molecule has 1 heterocycles. The quantitative estimate of drug-likeness (QED) is 0.942. The number of anilines is 1. The van der Waals surface area contributed by atoms with Gasteiger partial charge >= 0.3 is 0 Å². The standard InChI is InChI=1S/C18H22FN3/c19-16-6-4-5-15(13-16)18(14-20)22-11-9-21(10-12-22)17-7-2-1-3-8-17/h1-8,13,18H,9-12,14,20H2. The van der Waals surface area contributed by atoms with E-state index in [0.717, 1.165) is 31.7 Å². The molecule has 0 amide bonds. The zero-order valence-corrected chi connectivity index (χ0v) is 12.7. The van der Waals surface area contributed by atoms with Crippen molar-refractivity contribution in [3.63, 3.8) is 0 Å². The first-order valence-corrected chi connectivity index (χ1v) is 7.77. The van der Waals surface area contributed by atoms with E-state index in [9.17, 15) is 4.39 Å². The Morgan fingerprint density at radius 1 is 0.955 bits per heavy atom. The fraction of sp³-hybridized carbons (Fsp3) is 0.333. The van der Waals surface area contributed by atoms with Gasteiger partial charge < -0.3 is 10.6 Å². The van der Waals surface area contributed by atoms with E-state index in [2.05, 4.69) is 34.1 Å². The molecule has 0 aliphatic carbocycles. The average Bonchev–Trinajstić information content (AvgIpc) is 2.57. The molecule has 0 saturated carbocycles. The van der Waals surface area contributed by atoms with Crippen LogP contribution in [0.25, 0.3) is 0 Å². The number of piperazine rings is 1. The van der Waals surface area contributed by atoms with Crippen molar-refractivity contribution in [3.8, 4) is 0 Å². The average molecular weight is 299 g/mol. The first-order chi connectivity index (χ1) is 10.8. The zero-order chi connectivity index (χ0) is 15.4. The molecule has 0 radical (unpaired) electrons. The van der Waals surface area contributed by atoms with Gasteiger partial charge in [0.25, 0.3) is 0 Å². The van der Waals surface area contributed by atoms with Gasteiger partial charge in [0.15, 0.2) is 0 Å². The maximum Gasteiger partial charge on any atom is 0.123 e. The predicted molar refractivity (Wildman–Crippen MR) is 88.4 cm³/mol. The Hall–Kier alpha value is -1.91. The second-order valence-electron chi connectivity index (χ2n) is 5.67. The second kappa shape index (κ2) is 6.90. The fourth-order valence-electron chi connectivity index (χ4n) is 3.14. The number of hydrogen-bond donors (Lipinski definition) is 1. The minimum absolute atomic E-state index is 0.0913. The van der Waals surface area contributed by atoms with Crippen LogP contribution >= 0.6 is 0 Å². The van der Waals surface area contributed by atoms with Crippen molar-refractivity contribution >= 4 is 5.69 Å². The van der Waals surface area contributed by atoms with Gasteiger partial charge in [0.2, 0.25) is 0 Å². The van der Waals surface area contributed by atoms with Crippen molar-refractivity contribution < 1.29 is 4.39 Å². The van der Waals surface area contributed by atoms with Gasteiger partial charge in [-0.2, -0.15) is 0 Å². The summed E-state index contributed by atoms with van der Waals surface area (Å²) >= 11 is 0. The van der Waals surface area contributed by atoms with Gasteiger partial charge in [0, 0.05) is 44.5 Å². The zero-order valence-electron chi connectivity index (χ0n) is 12.7. The summed E-state index contributed by atoms with van der Waals surface area (Å²) < 4.78 is 13.4. The van der Waals surface area contributed by atoms with E-state index in [-0.39, 0.29) is 11.9 Å². The van der Waals surface area contributed by atoms with E-state index >= 15 is 0 Å². The largest absolute Gasteiger partial charge is 0.369 e. The number of benzene rings is 2. The first-order valence-electron chi connectivity index (χ1n) is 7.77. The summed E-state index contributed by atoms with van der Waals surface area (Å²) in [6.45, 7) is 4.32. The van der Waals surface area contributed by atoms with Crippen molar-refractivity contribution in [1.29, 1.82) is 0 Å². The van der Waals surface area contributed by atoms with Gasteiger partial charge in [0.1, 0.15) is 5.82 Å². The van der Waals surface area contributed by atoms with Gasteiger partial charge in [-0.3, -0.25) is 4.90 Å². The van der Waals surface area contributed by atoms with Crippen molar-refractivity contribution in [2.45, 2.75) is 6.04 Å². The number of rotatable bonds is 4. The molecule has 4 heteroatoms. The Morgan fingerprint density at radius 3 is 2.32 bits per heavy atom. The van der Waals surface area contributed by atoms with Crippen LogP contribution in [0.2, 0.25) is 0 Å². The van der Waals surface area contributed by atoms with Gasteiger partial charge in [-0.15, -0.1) is 0 Å². The van der Waals surface area contributed by atoms with Crippen molar-refractivity contribution in [2.24, 2.45) is 5.73 Å². The van der Waals surface area contributed by atoms with Crippen molar-refractivity contribution in [3.05, 3.63) is 66.0 Å². The molecule has 1 fully saturated rings. The number of nitrogens with zero attached hydrogens (tertiary/aromatic N) is 2. The summed E-state index contributed by atoms with van der Waals surface area (Å²) in [7, 11) is 0. The number of para-hydroxylation sites is 1. The molecule has 3 rings (SSSR count). The van der Waals surface area contributed by atoms with Crippen molar-refractivity contribution in [2.75, 3.05) is 37.6 Å². The van der Waals surface area contributed by atoms with Gasteiger partial charge in [-0.1, -0.05) is 30.3 Å². The van der Waals surface area contributed by atoms with Crippen LogP contribution in [0.1, 0.15) is 11.6 Å². The lowest BCUT2D eigenvalue weighted by atomic mass is 10.0. The normalized spacial score (nSPS) is 17.5. The minimum atomic E-state index is -0.195. The third-order valence-electron chi connectivity index (χ3n) is 4.33. The number of nitrogens with two attached hydrogens (primary N) is 1. The highest BCUT2D eigenvalue weighted by atomic mass is 19.1. The Kier molecular flexibility index (Phi) is 4.71. The highest BCUT2D eigenvalue weighted by Gasteiger charge is 2.24. The molecule has 0 aromatic heterocycles. The molecule has 1 aliphatic heterocycles. The first kappa shape index (κ1) is 15.0. The van der Waals surface area contributed by atoms with Crippen LogP contribution in [0.4, 0.5) is 10.1 Å². The molecule has 1 atom stereocenters. The molecule has 22 heavy (non-hydrogen) atoms. The van der Waals surface area contributed by atoms with E-state index < -0.39 is 0 Å². The van der Waals surface area contributed by atoms with Crippen molar-refractivity contribution in [1.82, 2.24) is 4.90 Å². The lowest BCUT2D eigenvalue weighted by Crippen LogP contribution is -2.49.